The van der Waals surface area contributed by atoms with E-state index >= 15 is 0 Å². The lowest BCUT2D eigenvalue weighted by Crippen LogP contribution is -2.20. The minimum absolute atomic E-state index is 0.410. The molecule has 2 aromatic rings. The van der Waals surface area contributed by atoms with Crippen LogP contribution >= 0.6 is 23.2 Å². The monoisotopic (exact) mass is 365 g/mol. The Morgan fingerprint density at radius 2 is 1.71 bits per heavy atom. The summed E-state index contributed by atoms with van der Waals surface area (Å²) in [4.78, 5) is 8.53. The number of nitrogens with zero attached hydrogens (tertiary/aromatic N) is 2. The van der Waals surface area contributed by atoms with Gasteiger partial charge in [0.25, 0.3) is 0 Å². The molecule has 1 aromatic heterocycles. The van der Waals surface area contributed by atoms with Crippen LogP contribution in [0.25, 0.3) is 0 Å². The van der Waals surface area contributed by atoms with Crippen molar-refractivity contribution in [2.45, 2.75) is 44.6 Å². The molecule has 128 valence electrons. The standard InChI is InChI=1S/C17H21Cl2N5/c18-11-7-8-13(19)14(9-11)24-17-15(20)16(21-10-22-17)23-12-5-3-1-2-4-6-12/h7-10,12H,1-6,20H2,(H2,21,22,23,24). The third-order valence-corrected chi connectivity index (χ3v) is 4.83. The molecule has 1 aliphatic carbocycles. The molecule has 0 saturated heterocycles. The zero-order valence-electron chi connectivity index (χ0n) is 13.4. The highest BCUT2D eigenvalue weighted by Gasteiger charge is 2.16. The number of nitrogens with one attached hydrogen (secondary N) is 2. The van der Waals surface area contributed by atoms with Crippen molar-refractivity contribution >= 4 is 46.2 Å². The van der Waals surface area contributed by atoms with E-state index in [2.05, 4.69) is 20.6 Å². The molecule has 0 aliphatic heterocycles. The SMILES string of the molecule is Nc1c(Nc2cc(Cl)ccc2Cl)ncnc1NC1CCCCCC1. The van der Waals surface area contributed by atoms with E-state index in [9.17, 15) is 0 Å². The molecule has 4 N–H and O–H groups in total. The maximum absolute atomic E-state index is 6.25. The van der Waals surface area contributed by atoms with Crippen molar-refractivity contribution in [2.24, 2.45) is 0 Å². The summed E-state index contributed by atoms with van der Waals surface area (Å²) in [6.45, 7) is 0. The van der Waals surface area contributed by atoms with Gasteiger partial charge in [-0.1, -0.05) is 48.9 Å². The van der Waals surface area contributed by atoms with Crippen molar-refractivity contribution in [2.75, 3.05) is 16.4 Å². The van der Waals surface area contributed by atoms with E-state index in [4.69, 9.17) is 28.9 Å². The quantitative estimate of drug-likeness (QED) is 0.645. The van der Waals surface area contributed by atoms with Gasteiger partial charge in [0, 0.05) is 11.1 Å². The number of nitrogen functional groups attached to an aromatic ring is 1. The fourth-order valence-corrected chi connectivity index (χ4v) is 3.29. The maximum atomic E-state index is 6.25. The minimum atomic E-state index is 0.410. The van der Waals surface area contributed by atoms with Crippen molar-refractivity contribution < 1.29 is 0 Å². The predicted molar refractivity (Wildman–Crippen MR) is 101 cm³/mol. The highest BCUT2D eigenvalue weighted by atomic mass is 35.5. The number of nitrogens with two attached hydrogens (primary N) is 1. The molecule has 1 saturated carbocycles. The van der Waals surface area contributed by atoms with Gasteiger partial charge in [-0.15, -0.1) is 0 Å². The molecular formula is C17H21Cl2N5. The Bertz CT molecular complexity index is 699. The van der Waals surface area contributed by atoms with Gasteiger partial charge in [-0.05, 0) is 31.0 Å². The molecule has 3 rings (SSSR count). The number of hydrogen-bond donors (Lipinski definition) is 3. The van der Waals surface area contributed by atoms with E-state index in [1.165, 1.54) is 32.0 Å². The van der Waals surface area contributed by atoms with Crippen LogP contribution in [0.2, 0.25) is 10.0 Å². The Hall–Kier alpha value is -1.72. The summed E-state index contributed by atoms with van der Waals surface area (Å²) in [6.07, 6.45) is 8.88. The van der Waals surface area contributed by atoms with Crippen LogP contribution in [0.15, 0.2) is 24.5 Å². The average molecular weight is 366 g/mol. The third kappa shape index (κ3) is 4.22. The Balaban J connectivity index is 1.78. The first-order chi connectivity index (χ1) is 11.6. The fraction of sp³-hybridized carbons (Fsp3) is 0.412. The Morgan fingerprint density at radius 3 is 2.46 bits per heavy atom. The predicted octanol–water partition coefficient (Wildman–Crippen LogP) is 5.24. The molecular weight excluding hydrogens is 345 g/mol. The van der Waals surface area contributed by atoms with E-state index < -0.39 is 0 Å². The molecule has 1 heterocycles. The summed E-state index contributed by atoms with van der Waals surface area (Å²) in [5.74, 6) is 1.18. The van der Waals surface area contributed by atoms with Crippen LogP contribution in [0.5, 0.6) is 0 Å². The van der Waals surface area contributed by atoms with E-state index in [0.717, 1.165) is 12.8 Å². The zero-order chi connectivity index (χ0) is 16.9. The first-order valence-electron chi connectivity index (χ1n) is 8.22. The molecule has 5 nitrogen and oxygen atoms in total. The highest BCUT2D eigenvalue weighted by Crippen LogP contribution is 2.32. The Morgan fingerprint density at radius 1 is 1.00 bits per heavy atom. The van der Waals surface area contributed by atoms with Gasteiger partial charge in [0.05, 0.1) is 10.7 Å². The second kappa shape index (κ2) is 7.90. The summed E-state index contributed by atoms with van der Waals surface area (Å²) in [6, 6.07) is 5.61. The molecule has 0 unspecified atom stereocenters. The molecule has 24 heavy (non-hydrogen) atoms. The van der Waals surface area contributed by atoms with Gasteiger partial charge < -0.3 is 16.4 Å². The summed E-state index contributed by atoms with van der Waals surface area (Å²) in [7, 11) is 0. The molecule has 0 atom stereocenters. The lowest BCUT2D eigenvalue weighted by Gasteiger charge is -2.19. The van der Waals surface area contributed by atoms with E-state index in [0.29, 0.717) is 39.1 Å². The maximum Gasteiger partial charge on any atom is 0.159 e. The summed E-state index contributed by atoms with van der Waals surface area (Å²) < 4.78 is 0. The first kappa shape index (κ1) is 17.1. The summed E-state index contributed by atoms with van der Waals surface area (Å²) in [5.41, 5.74) is 7.40. The normalized spacial score (nSPS) is 15.8. The largest absolute Gasteiger partial charge is 0.393 e. The number of aromatic nitrogens is 2. The Kier molecular flexibility index (Phi) is 5.63. The van der Waals surface area contributed by atoms with Crippen LogP contribution in [0.3, 0.4) is 0 Å². The number of benzene rings is 1. The number of hydrogen-bond acceptors (Lipinski definition) is 5. The van der Waals surface area contributed by atoms with Gasteiger partial charge in [-0.3, -0.25) is 0 Å². The van der Waals surface area contributed by atoms with Crippen LogP contribution in [0.1, 0.15) is 38.5 Å². The smallest absolute Gasteiger partial charge is 0.159 e. The molecule has 1 aliphatic rings. The molecule has 1 fully saturated rings. The zero-order valence-corrected chi connectivity index (χ0v) is 14.9. The van der Waals surface area contributed by atoms with Crippen LogP contribution in [-0.4, -0.2) is 16.0 Å². The number of halogens is 2. The topological polar surface area (TPSA) is 75.9 Å². The number of anilines is 4. The van der Waals surface area contributed by atoms with E-state index in [1.807, 2.05) is 0 Å². The van der Waals surface area contributed by atoms with Gasteiger partial charge in [0.15, 0.2) is 11.6 Å². The van der Waals surface area contributed by atoms with Crippen molar-refractivity contribution in [1.29, 1.82) is 0 Å². The molecule has 7 heteroatoms. The van der Waals surface area contributed by atoms with Crippen molar-refractivity contribution in [3.8, 4) is 0 Å². The molecule has 0 amide bonds. The lowest BCUT2D eigenvalue weighted by atomic mass is 10.1. The second-order valence-corrected chi connectivity index (χ2v) is 6.91. The van der Waals surface area contributed by atoms with Gasteiger partial charge >= 0.3 is 0 Å². The van der Waals surface area contributed by atoms with Crippen LogP contribution < -0.4 is 16.4 Å². The van der Waals surface area contributed by atoms with Crippen LogP contribution in [0.4, 0.5) is 23.0 Å². The van der Waals surface area contributed by atoms with Gasteiger partial charge in [0.2, 0.25) is 0 Å². The van der Waals surface area contributed by atoms with E-state index in [-0.39, 0.29) is 0 Å². The first-order valence-corrected chi connectivity index (χ1v) is 8.98. The molecule has 0 bridgehead atoms. The second-order valence-electron chi connectivity index (χ2n) is 6.07. The molecule has 1 aromatic carbocycles. The summed E-state index contributed by atoms with van der Waals surface area (Å²) >= 11 is 12.2. The van der Waals surface area contributed by atoms with Crippen LogP contribution in [-0.2, 0) is 0 Å². The highest BCUT2D eigenvalue weighted by molar-refractivity contribution is 6.35. The lowest BCUT2D eigenvalue weighted by molar-refractivity contribution is 0.618. The third-order valence-electron chi connectivity index (χ3n) is 4.26. The minimum Gasteiger partial charge on any atom is -0.393 e. The van der Waals surface area contributed by atoms with Gasteiger partial charge in [-0.2, -0.15) is 0 Å². The average Bonchev–Trinajstić information content (AvgIpc) is 2.83. The molecule has 0 spiro atoms. The van der Waals surface area contributed by atoms with Gasteiger partial charge in [0.1, 0.15) is 12.0 Å². The van der Waals surface area contributed by atoms with Crippen molar-refractivity contribution in [3.05, 3.63) is 34.6 Å². The van der Waals surface area contributed by atoms with Crippen molar-refractivity contribution in [3.63, 3.8) is 0 Å². The van der Waals surface area contributed by atoms with E-state index in [1.54, 1.807) is 18.2 Å². The number of rotatable bonds is 4. The summed E-state index contributed by atoms with van der Waals surface area (Å²) in [5, 5.41) is 7.75. The van der Waals surface area contributed by atoms with Crippen LogP contribution in [0, 0.1) is 0 Å². The Labute approximate surface area is 152 Å². The fourth-order valence-electron chi connectivity index (χ4n) is 2.95. The molecule has 0 radical (unpaired) electrons. The van der Waals surface area contributed by atoms with Gasteiger partial charge in [-0.25, -0.2) is 9.97 Å². The van der Waals surface area contributed by atoms with Crippen molar-refractivity contribution in [1.82, 2.24) is 9.97 Å².